The van der Waals surface area contributed by atoms with Crippen molar-refractivity contribution in [3.8, 4) is 5.75 Å². The summed E-state index contributed by atoms with van der Waals surface area (Å²) in [5.41, 5.74) is 0.438. The Morgan fingerprint density at radius 2 is 1.81 bits per heavy atom. The molecule has 7 heteroatoms. The number of sulfonamides is 1. The van der Waals surface area contributed by atoms with Crippen LogP contribution in [0.2, 0.25) is 0 Å². The lowest BCUT2D eigenvalue weighted by Crippen LogP contribution is -2.22. The standard InChI is InChI=1S/C19H25N3O3S/c1-2-25-17-9-11-18(12-10-17)26(23,24)22-16-8-13-19(20-14-16)21-15-6-4-3-5-7-15/h8-15,22H,2-7H2,1H3,(H,20,21). The van der Waals surface area contributed by atoms with Crippen molar-refractivity contribution in [1.82, 2.24) is 4.98 Å². The van der Waals surface area contributed by atoms with Crippen molar-refractivity contribution in [3.05, 3.63) is 42.6 Å². The number of nitrogens with one attached hydrogen (secondary N) is 2. The molecule has 1 saturated carbocycles. The molecule has 0 saturated heterocycles. The Labute approximate surface area is 155 Å². The van der Waals surface area contributed by atoms with E-state index in [2.05, 4.69) is 15.0 Å². The molecule has 0 unspecified atom stereocenters. The molecule has 0 aliphatic heterocycles. The molecule has 2 N–H and O–H groups in total. The Morgan fingerprint density at radius 1 is 1.08 bits per heavy atom. The SMILES string of the molecule is CCOc1ccc(S(=O)(=O)Nc2ccc(NC3CCCCC3)nc2)cc1. The second-order valence-corrected chi connectivity index (χ2v) is 8.10. The van der Waals surface area contributed by atoms with Crippen molar-refractivity contribution in [2.75, 3.05) is 16.6 Å². The van der Waals surface area contributed by atoms with Crippen LogP contribution in [-0.2, 0) is 10.0 Å². The van der Waals surface area contributed by atoms with Crippen LogP contribution in [0.15, 0.2) is 47.5 Å². The number of aromatic nitrogens is 1. The fourth-order valence-corrected chi connectivity index (χ4v) is 4.13. The number of hydrogen-bond acceptors (Lipinski definition) is 5. The first kappa shape index (κ1) is 18.5. The van der Waals surface area contributed by atoms with E-state index < -0.39 is 10.0 Å². The number of nitrogens with zero attached hydrogens (tertiary/aromatic N) is 1. The Hall–Kier alpha value is -2.28. The summed E-state index contributed by atoms with van der Waals surface area (Å²) in [5.74, 6) is 1.42. The van der Waals surface area contributed by atoms with Crippen LogP contribution in [-0.4, -0.2) is 26.1 Å². The van der Waals surface area contributed by atoms with Crippen molar-refractivity contribution in [1.29, 1.82) is 0 Å². The summed E-state index contributed by atoms with van der Waals surface area (Å²) >= 11 is 0. The number of rotatable bonds is 7. The molecule has 2 aromatic rings. The molecule has 0 bridgehead atoms. The molecule has 1 aliphatic rings. The van der Waals surface area contributed by atoms with Gasteiger partial charge in [-0.2, -0.15) is 0 Å². The molecule has 0 radical (unpaired) electrons. The van der Waals surface area contributed by atoms with Gasteiger partial charge in [-0.05, 0) is 56.2 Å². The van der Waals surface area contributed by atoms with E-state index in [9.17, 15) is 8.42 Å². The first-order valence-electron chi connectivity index (χ1n) is 9.05. The van der Waals surface area contributed by atoms with Gasteiger partial charge in [-0.25, -0.2) is 13.4 Å². The Bertz CT molecular complexity index is 799. The fraction of sp³-hybridized carbons (Fsp3) is 0.421. The summed E-state index contributed by atoms with van der Waals surface area (Å²) in [6.07, 6.45) is 7.66. The van der Waals surface area contributed by atoms with Crippen LogP contribution in [0, 0.1) is 0 Å². The zero-order chi connectivity index (χ0) is 18.4. The highest BCUT2D eigenvalue weighted by Crippen LogP contribution is 2.22. The van der Waals surface area contributed by atoms with Crippen LogP contribution in [0.1, 0.15) is 39.0 Å². The van der Waals surface area contributed by atoms with Crippen molar-refractivity contribution >= 4 is 21.5 Å². The van der Waals surface area contributed by atoms with Crippen molar-refractivity contribution in [3.63, 3.8) is 0 Å². The van der Waals surface area contributed by atoms with Gasteiger partial charge in [0.1, 0.15) is 11.6 Å². The molecule has 6 nitrogen and oxygen atoms in total. The third-order valence-corrected chi connectivity index (χ3v) is 5.82. The van der Waals surface area contributed by atoms with E-state index in [4.69, 9.17) is 4.74 Å². The second kappa shape index (κ2) is 8.40. The third kappa shape index (κ3) is 4.88. The third-order valence-electron chi connectivity index (χ3n) is 4.42. The lowest BCUT2D eigenvalue weighted by Gasteiger charge is -2.23. The summed E-state index contributed by atoms with van der Waals surface area (Å²) in [6, 6.07) is 10.3. The summed E-state index contributed by atoms with van der Waals surface area (Å²) in [7, 11) is -3.65. The van der Waals surface area contributed by atoms with Gasteiger partial charge in [0.05, 0.1) is 23.4 Å². The van der Waals surface area contributed by atoms with Gasteiger partial charge in [-0.1, -0.05) is 19.3 Å². The maximum Gasteiger partial charge on any atom is 0.261 e. The van der Waals surface area contributed by atoms with Gasteiger partial charge in [0.15, 0.2) is 0 Å². The van der Waals surface area contributed by atoms with Crippen LogP contribution in [0.3, 0.4) is 0 Å². The molecule has 1 heterocycles. The molecule has 1 aromatic carbocycles. The summed E-state index contributed by atoms with van der Waals surface area (Å²) < 4.78 is 32.8. The number of benzene rings is 1. The highest BCUT2D eigenvalue weighted by Gasteiger charge is 2.16. The zero-order valence-electron chi connectivity index (χ0n) is 14.9. The second-order valence-electron chi connectivity index (χ2n) is 6.42. The predicted octanol–water partition coefficient (Wildman–Crippen LogP) is 4.03. The van der Waals surface area contributed by atoms with Crippen LogP contribution in [0.4, 0.5) is 11.5 Å². The lowest BCUT2D eigenvalue weighted by atomic mass is 9.95. The molecule has 1 fully saturated rings. The fourth-order valence-electron chi connectivity index (χ4n) is 3.09. The smallest absolute Gasteiger partial charge is 0.261 e. The molecule has 0 spiro atoms. The number of pyridine rings is 1. The van der Waals surface area contributed by atoms with Crippen LogP contribution >= 0.6 is 0 Å². The van der Waals surface area contributed by atoms with Crippen LogP contribution < -0.4 is 14.8 Å². The van der Waals surface area contributed by atoms with E-state index in [1.165, 1.54) is 37.6 Å². The van der Waals surface area contributed by atoms with E-state index in [-0.39, 0.29) is 4.90 Å². The minimum absolute atomic E-state index is 0.186. The lowest BCUT2D eigenvalue weighted by molar-refractivity contribution is 0.340. The summed E-state index contributed by atoms with van der Waals surface area (Å²) in [4.78, 5) is 4.52. The molecule has 0 atom stereocenters. The van der Waals surface area contributed by atoms with Gasteiger partial charge in [-0.3, -0.25) is 4.72 Å². The van der Waals surface area contributed by atoms with Crippen molar-refractivity contribution in [2.45, 2.75) is 50.0 Å². The Kier molecular flexibility index (Phi) is 5.98. The van der Waals surface area contributed by atoms with E-state index in [0.29, 0.717) is 24.1 Å². The largest absolute Gasteiger partial charge is 0.494 e. The van der Waals surface area contributed by atoms with Gasteiger partial charge in [-0.15, -0.1) is 0 Å². The maximum absolute atomic E-state index is 12.5. The van der Waals surface area contributed by atoms with Crippen LogP contribution in [0.5, 0.6) is 5.75 Å². The molecular weight excluding hydrogens is 350 g/mol. The summed E-state index contributed by atoms with van der Waals surface area (Å²) in [6.45, 7) is 2.42. The average molecular weight is 375 g/mol. The van der Waals surface area contributed by atoms with E-state index >= 15 is 0 Å². The number of hydrogen-bond donors (Lipinski definition) is 2. The first-order chi connectivity index (χ1) is 12.6. The molecule has 0 amide bonds. The summed E-state index contributed by atoms with van der Waals surface area (Å²) in [5, 5.41) is 3.42. The normalized spacial score (nSPS) is 15.4. The molecule has 1 aromatic heterocycles. The van der Waals surface area contributed by atoms with Gasteiger partial charge >= 0.3 is 0 Å². The Morgan fingerprint density at radius 3 is 2.42 bits per heavy atom. The first-order valence-corrected chi connectivity index (χ1v) is 10.5. The topological polar surface area (TPSA) is 80.3 Å². The number of anilines is 2. The van der Waals surface area contributed by atoms with E-state index in [1.807, 2.05) is 13.0 Å². The number of ether oxygens (including phenoxy) is 1. The minimum Gasteiger partial charge on any atom is -0.494 e. The quantitative estimate of drug-likeness (QED) is 0.764. The zero-order valence-corrected chi connectivity index (χ0v) is 15.8. The molecular formula is C19H25N3O3S. The van der Waals surface area contributed by atoms with Gasteiger partial charge < -0.3 is 10.1 Å². The molecule has 3 rings (SSSR count). The van der Waals surface area contributed by atoms with E-state index in [1.54, 1.807) is 18.2 Å². The Balaban J connectivity index is 1.63. The highest BCUT2D eigenvalue weighted by atomic mass is 32.2. The highest BCUT2D eigenvalue weighted by molar-refractivity contribution is 7.92. The molecule has 140 valence electrons. The monoisotopic (exact) mass is 375 g/mol. The van der Waals surface area contributed by atoms with Gasteiger partial charge in [0.2, 0.25) is 0 Å². The van der Waals surface area contributed by atoms with Gasteiger partial charge in [0, 0.05) is 6.04 Å². The van der Waals surface area contributed by atoms with Gasteiger partial charge in [0.25, 0.3) is 10.0 Å². The maximum atomic E-state index is 12.5. The van der Waals surface area contributed by atoms with E-state index in [0.717, 1.165) is 18.7 Å². The van der Waals surface area contributed by atoms with Crippen molar-refractivity contribution < 1.29 is 13.2 Å². The van der Waals surface area contributed by atoms with Crippen LogP contribution in [0.25, 0.3) is 0 Å². The predicted molar refractivity (Wildman–Crippen MR) is 103 cm³/mol. The minimum atomic E-state index is -3.65. The molecule has 26 heavy (non-hydrogen) atoms. The molecule has 1 aliphatic carbocycles. The average Bonchev–Trinajstić information content (AvgIpc) is 2.65. The van der Waals surface area contributed by atoms with Crippen molar-refractivity contribution in [2.24, 2.45) is 0 Å².